The van der Waals surface area contributed by atoms with Crippen LogP contribution in [0, 0.1) is 50.2 Å². The number of hydrogen-bond donors (Lipinski definition) is 0. The molecule has 5 nitrogen and oxygen atoms in total. The second-order valence-electron chi connectivity index (χ2n) is 15.7. The largest absolute Gasteiger partial charge is 0.469 e. The average Bonchev–Trinajstić information content (AvgIpc) is 2.82. The highest BCUT2D eigenvalue weighted by Gasteiger charge is 2.70. The quantitative estimate of drug-likeness (QED) is 0.360. The van der Waals surface area contributed by atoms with Crippen LogP contribution in [0.5, 0.6) is 0 Å². The predicted octanol–water partition coefficient (Wildman–Crippen LogP) is 7.07. The van der Waals surface area contributed by atoms with Crippen molar-refractivity contribution < 1.29 is 23.9 Å². The van der Waals surface area contributed by atoms with Crippen molar-refractivity contribution >= 4 is 17.7 Å². The second-order valence-corrected chi connectivity index (χ2v) is 15.7. The molecule has 0 aliphatic heterocycles. The van der Waals surface area contributed by atoms with E-state index in [0.717, 1.165) is 57.8 Å². The molecule has 4 saturated carbocycles. The summed E-state index contributed by atoms with van der Waals surface area (Å²) in [5.74, 6) is 0.474. The SMILES string of the molecule is COC(=O)C1(C)CCC2(C)CCC3(C)C(=CC(=O)C4C5(C)CCC(OC(C)=O)C(C)(C)C5CCC43C)C2C1. The second kappa shape index (κ2) is 8.43. The Bertz CT molecular complexity index is 1090. The van der Waals surface area contributed by atoms with E-state index in [4.69, 9.17) is 9.47 Å². The van der Waals surface area contributed by atoms with Gasteiger partial charge in [-0.1, -0.05) is 47.1 Å². The molecule has 9 atom stereocenters. The summed E-state index contributed by atoms with van der Waals surface area (Å²) in [5, 5.41) is 0. The molecule has 9 unspecified atom stereocenters. The fourth-order valence-corrected chi connectivity index (χ4v) is 11.0. The minimum Gasteiger partial charge on any atom is -0.469 e. The van der Waals surface area contributed by atoms with Crippen molar-refractivity contribution in [2.75, 3.05) is 7.11 Å². The van der Waals surface area contributed by atoms with Crippen molar-refractivity contribution in [1.82, 2.24) is 0 Å². The molecule has 0 N–H and O–H groups in total. The number of esters is 2. The van der Waals surface area contributed by atoms with Crippen LogP contribution in [0.1, 0.15) is 113 Å². The summed E-state index contributed by atoms with van der Waals surface area (Å²) >= 11 is 0. The van der Waals surface area contributed by atoms with E-state index in [1.807, 2.05) is 0 Å². The summed E-state index contributed by atoms with van der Waals surface area (Å²) < 4.78 is 11.1. The van der Waals surface area contributed by atoms with E-state index >= 15 is 0 Å². The fraction of sp³-hybridized carbons (Fsp3) is 0.848. The van der Waals surface area contributed by atoms with Gasteiger partial charge >= 0.3 is 11.9 Å². The van der Waals surface area contributed by atoms with Gasteiger partial charge in [-0.05, 0) is 104 Å². The Balaban J connectivity index is 1.57. The lowest BCUT2D eigenvalue weighted by molar-refractivity contribution is -0.210. The Hall–Kier alpha value is -1.65. The molecule has 4 fully saturated rings. The Morgan fingerprint density at radius 3 is 2.18 bits per heavy atom. The number of ether oxygens (including phenoxy) is 2. The number of fused-ring (bicyclic) bond motifs is 7. The Morgan fingerprint density at radius 1 is 0.895 bits per heavy atom. The summed E-state index contributed by atoms with van der Waals surface area (Å²) in [6.45, 7) is 17.7. The lowest BCUT2D eigenvalue weighted by Gasteiger charge is -2.70. The molecular formula is C33H50O5. The van der Waals surface area contributed by atoms with Crippen LogP contribution in [-0.4, -0.2) is 30.9 Å². The Labute approximate surface area is 229 Å². The Kier molecular flexibility index (Phi) is 6.19. The minimum atomic E-state index is -0.498. The molecule has 0 aromatic carbocycles. The zero-order chi connectivity index (χ0) is 28.1. The van der Waals surface area contributed by atoms with Crippen molar-refractivity contribution in [3.05, 3.63) is 11.6 Å². The smallest absolute Gasteiger partial charge is 0.311 e. The van der Waals surface area contributed by atoms with E-state index in [2.05, 4.69) is 54.5 Å². The molecule has 0 aromatic rings. The fourth-order valence-electron chi connectivity index (χ4n) is 11.0. The third-order valence-corrected chi connectivity index (χ3v) is 13.5. The van der Waals surface area contributed by atoms with Crippen molar-refractivity contribution in [2.45, 2.75) is 119 Å². The molecule has 0 aromatic heterocycles. The van der Waals surface area contributed by atoms with E-state index in [0.29, 0.717) is 11.7 Å². The third-order valence-electron chi connectivity index (χ3n) is 13.5. The summed E-state index contributed by atoms with van der Waals surface area (Å²) in [6, 6.07) is 0. The van der Waals surface area contributed by atoms with Gasteiger partial charge in [-0.3, -0.25) is 14.4 Å². The molecule has 212 valence electrons. The monoisotopic (exact) mass is 526 g/mol. The molecule has 0 bridgehead atoms. The van der Waals surface area contributed by atoms with Gasteiger partial charge in [0.05, 0.1) is 12.5 Å². The molecule has 38 heavy (non-hydrogen) atoms. The van der Waals surface area contributed by atoms with E-state index in [1.54, 1.807) is 0 Å². The van der Waals surface area contributed by atoms with Crippen LogP contribution in [0.4, 0.5) is 0 Å². The maximum Gasteiger partial charge on any atom is 0.311 e. The lowest BCUT2D eigenvalue weighted by Crippen LogP contribution is -2.66. The van der Waals surface area contributed by atoms with Crippen LogP contribution in [0.3, 0.4) is 0 Å². The molecule has 5 aliphatic carbocycles. The number of ketones is 1. The molecule has 0 saturated heterocycles. The first kappa shape index (κ1) is 27.9. The third kappa shape index (κ3) is 3.51. The number of methoxy groups -OCH3 is 1. The van der Waals surface area contributed by atoms with Gasteiger partial charge in [0.15, 0.2) is 5.78 Å². The molecule has 0 heterocycles. The number of carbonyl (C=O) groups excluding carboxylic acids is 3. The first-order valence-corrected chi connectivity index (χ1v) is 15.0. The van der Waals surface area contributed by atoms with Gasteiger partial charge in [0.25, 0.3) is 0 Å². The number of carbonyl (C=O) groups is 3. The van der Waals surface area contributed by atoms with Crippen LogP contribution in [-0.2, 0) is 23.9 Å². The maximum atomic E-state index is 14.4. The van der Waals surface area contributed by atoms with Gasteiger partial charge in [0.1, 0.15) is 6.10 Å². The van der Waals surface area contributed by atoms with Crippen molar-refractivity contribution in [3.63, 3.8) is 0 Å². The van der Waals surface area contributed by atoms with Crippen LogP contribution < -0.4 is 0 Å². The lowest BCUT2D eigenvalue weighted by atomic mass is 9.33. The van der Waals surface area contributed by atoms with Gasteiger partial charge in [-0.25, -0.2) is 0 Å². The van der Waals surface area contributed by atoms with Crippen LogP contribution in [0.15, 0.2) is 11.6 Å². The van der Waals surface area contributed by atoms with Gasteiger partial charge < -0.3 is 9.47 Å². The van der Waals surface area contributed by atoms with E-state index in [9.17, 15) is 14.4 Å². The van der Waals surface area contributed by atoms with Crippen molar-refractivity contribution in [3.8, 4) is 0 Å². The molecule has 5 rings (SSSR count). The summed E-state index contributed by atoms with van der Waals surface area (Å²) in [7, 11) is 1.50. The van der Waals surface area contributed by atoms with E-state index < -0.39 is 5.41 Å². The highest BCUT2D eigenvalue weighted by atomic mass is 16.5. The zero-order valence-corrected chi connectivity index (χ0v) is 25.3. The normalized spacial score (nSPS) is 49.4. The molecule has 0 spiro atoms. The zero-order valence-electron chi connectivity index (χ0n) is 25.3. The number of allylic oxidation sites excluding steroid dienone is 2. The summed E-state index contributed by atoms with van der Waals surface area (Å²) in [5.41, 5.74) is 0.416. The van der Waals surface area contributed by atoms with Gasteiger partial charge in [0, 0.05) is 18.3 Å². The average molecular weight is 527 g/mol. The molecular weight excluding hydrogens is 476 g/mol. The summed E-state index contributed by atoms with van der Waals surface area (Å²) in [6.07, 6.45) is 10.6. The minimum absolute atomic E-state index is 0.0417. The van der Waals surface area contributed by atoms with Crippen LogP contribution >= 0.6 is 0 Å². The van der Waals surface area contributed by atoms with E-state index in [1.165, 1.54) is 19.6 Å². The van der Waals surface area contributed by atoms with E-state index in [-0.39, 0.29) is 57.0 Å². The topological polar surface area (TPSA) is 69.7 Å². The number of hydrogen-bond acceptors (Lipinski definition) is 5. The molecule has 0 radical (unpaired) electrons. The first-order chi connectivity index (χ1) is 17.5. The van der Waals surface area contributed by atoms with Gasteiger partial charge in [0.2, 0.25) is 0 Å². The highest BCUT2D eigenvalue weighted by molar-refractivity contribution is 5.95. The maximum absolute atomic E-state index is 14.4. The van der Waals surface area contributed by atoms with Gasteiger partial charge in [-0.15, -0.1) is 0 Å². The van der Waals surface area contributed by atoms with Crippen molar-refractivity contribution in [1.29, 1.82) is 0 Å². The Morgan fingerprint density at radius 2 is 1.55 bits per heavy atom. The highest BCUT2D eigenvalue weighted by Crippen LogP contribution is 2.75. The van der Waals surface area contributed by atoms with Crippen molar-refractivity contribution in [2.24, 2.45) is 50.2 Å². The number of rotatable bonds is 2. The van der Waals surface area contributed by atoms with Crippen LogP contribution in [0.25, 0.3) is 0 Å². The molecule has 0 amide bonds. The predicted molar refractivity (Wildman–Crippen MR) is 147 cm³/mol. The van der Waals surface area contributed by atoms with Gasteiger partial charge in [-0.2, -0.15) is 0 Å². The standard InChI is InChI=1S/C33H50O5/c1-20(34)38-25-11-12-31(6)24(28(25,2)3)10-13-33(8)26(31)23(35)18-21-22-19-30(5,27(36)37-9)15-14-29(22,4)16-17-32(21,33)7/h18,22,24-26H,10-17,19H2,1-9H3. The molecule has 5 aliphatic rings. The summed E-state index contributed by atoms with van der Waals surface area (Å²) in [4.78, 5) is 39.2. The molecule has 5 heteroatoms. The first-order valence-electron chi connectivity index (χ1n) is 15.0. The van der Waals surface area contributed by atoms with Crippen LogP contribution in [0.2, 0.25) is 0 Å².